The molecule has 0 saturated heterocycles. The van der Waals surface area contributed by atoms with Gasteiger partial charge in [-0.05, 0) is 27.5 Å². The highest BCUT2D eigenvalue weighted by molar-refractivity contribution is 5.41. The van der Waals surface area contributed by atoms with Crippen LogP contribution in [0.15, 0.2) is 47.8 Å². The van der Waals surface area contributed by atoms with Gasteiger partial charge in [-0.3, -0.25) is 30.3 Å². The number of hydrogen-bond donors (Lipinski definition) is 0. The van der Waals surface area contributed by atoms with Gasteiger partial charge in [-0.25, -0.2) is 0 Å². The van der Waals surface area contributed by atoms with Crippen molar-refractivity contribution in [3.8, 4) is 12.1 Å². The molecule has 2 unspecified atom stereocenters. The van der Waals surface area contributed by atoms with Crippen LogP contribution in [0.1, 0.15) is 17.0 Å². The minimum absolute atomic E-state index is 0.210. The molecule has 1 aromatic rings. The van der Waals surface area contributed by atoms with Gasteiger partial charge in [0, 0.05) is 6.08 Å². The average Bonchev–Trinajstić information content (AvgIpc) is 2.62. The van der Waals surface area contributed by atoms with Crippen molar-refractivity contribution in [2.24, 2.45) is 5.92 Å². The predicted molar refractivity (Wildman–Crippen MR) is 83.4 cm³/mol. The summed E-state index contributed by atoms with van der Waals surface area (Å²) in [7, 11) is 0. The molecule has 0 bridgehead atoms. The van der Waals surface area contributed by atoms with Crippen LogP contribution >= 0.6 is 0 Å². The molecule has 26 heavy (non-hydrogen) atoms. The summed E-state index contributed by atoms with van der Waals surface area (Å²) in [5.74, 6) is -2.95. The summed E-state index contributed by atoms with van der Waals surface area (Å²) in [6.07, 6.45) is 1.23. The summed E-state index contributed by atoms with van der Waals surface area (Å²) in [6, 6.07) is 8.27. The van der Waals surface area contributed by atoms with E-state index in [1.54, 1.807) is 6.07 Å². The van der Waals surface area contributed by atoms with Gasteiger partial charge in [-0.1, -0.05) is 18.2 Å². The quantitative estimate of drug-likeness (QED) is 0.437. The van der Waals surface area contributed by atoms with Gasteiger partial charge in [-0.15, -0.1) is 0 Å². The Morgan fingerprint density at radius 2 is 1.65 bits per heavy atom. The molecule has 2 atom stereocenters. The van der Waals surface area contributed by atoms with Gasteiger partial charge >= 0.3 is 0 Å². The highest BCUT2D eigenvalue weighted by atomic mass is 16.6. The molecule has 1 aliphatic carbocycles. The molecule has 2 rings (SSSR count). The summed E-state index contributed by atoms with van der Waals surface area (Å²) < 4.78 is 0. The second kappa shape index (κ2) is 7.11. The molecule has 0 spiro atoms. The molecule has 0 saturated carbocycles. The van der Waals surface area contributed by atoms with Crippen molar-refractivity contribution in [1.82, 2.24) is 0 Å². The highest BCUT2D eigenvalue weighted by Crippen LogP contribution is 2.41. The monoisotopic (exact) mass is 354 g/mol. The molecule has 0 radical (unpaired) electrons. The molecule has 0 heterocycles. The van der Waals surface area contributed by atoms with E-state index in [9.17, 15) is 35.6 Å². The van der Waals surface area contributed by atoms with Crippen LogP contribution in [-0.4, -0.2) is 14.8 Å². The molecule has 1 aliphatic rings. The lowest BCUT2D eigenvalue weighted by Gasteiger charge is -2.28. The van der Waals surface area contributed by atoms with E-state index < -0.39 is 44.0 Å². The van der Waals surface area contributed by atoms with Gasteiger partial charge < -0.3 is 0 Å². The third-order valence-electron chi connectivity index (χ3n) is 3.73. The SMILES string of the molecule is N#Cc1ccc(C(C#N)C2C([N+](=O)[O-])=CC([N+](=O)[O-])=C[C-]2[N+](=O)[O-])cc1. The first-order chi connectivity index (χ1) is 12.3. The van der Waals surface area contributed by atoms with Gasteiger partial charge in [0.2, 0.25) is 5.70 Å². The molecule has 0 N–H and O–H groups in total. The van der Waals surface area contributed by atoms with Crippen molar-refractivity contribution >= 4 is 0 Å². The lowest BCUT2D eigenvalue weighted by molar-refractivity contribution is -0.488. The Kier molecular flexibility index (Phi) is 4.94. The summed E-state index contributed by atoms with van der Waals surface area (Å²) in [6.45, 7) is 0. The Balaban J connectivity index is 2.61. The van der Waals surface area contributed by atoms with E-state index in [2.05, 4.69) is 0 Å². The Bertz CT molecular complexity index is 921. The zero-order chi connectivity index (χ0) is 19.4. The van der Waals surface area contributed by atoms with Crippen LogP contribution in [0, 0.1) is 65.0 Å². The van der Waals surface area contributed by atoms with Crippen molar-refractivity contribution in [2.75, 3.05) is 0 Å². The zero-order valence-electron chi connectivity index (χ0n) is 12.8. The van der Waals surface area contributed by atoms with Gasteiger partial charge in [0.25, 0.3) is 0 Å². The standard InChI is InChI=1S/C15H8N5O6/c16-7-9-1-3-10(4-2-9)12(8-17)15-13(19(23)24)5-11(18(21)22)6-14(15)20(25)26/h1-6,12,15H/q-1. The maximum atomic E-state index is 11.4. The summed E-state index contributed by atoms with van der Waals surface area (Å²) >= 11 is 0. The van der Waals surface area contributed by atoms with E-state index in [0.29, 0.717) is 12.2 Å². The fourth-order valence-corrected chi connectivity index (χ4v) is 2.56. The second-order valence-electron chi connectivity index (χ2n) is 5.15. The molecule has 0 amide bonds. The topological polar surface area (TPSA) is 177 Å². The molecular weight excluding hydrogens is 346 g/mol. The van der Waals surface area contributed by atoms with E-state index in [0.717, 1.165) is 0 Å². The Morgan fingerprint density at radius 1 is 1.04 bits per heavy atom. The maximum Gasteiger partial charge on any atom is 0.233 e. The average molecular weight is 354 g/mol. The molecule has 1 aromatic carbocycles. The molecule has 11 heteroatoms. The number of rotatable bonds is 5. The predicted octanol–water partition coefficient (Wildman–Crippen LogP) is 1.93. The first-order valence-corrected chi connectivity index (χ1v) is 6.93. The van der Waals surface area contributed by atoms with Crippen molar-refractivity contribution in [2.45, 2.75) is 5.92 Å². The van der Waals surface area contributed by atoms with Crippen molar-refractivity contribution in [3.63, 3.8) is 0 Å². The summed E-state index contributed by atoms with van der Waals surface area (Å²) in [5.41, 5.74) is -1.15. The minimum atomic E-state index is -1.61. The van der Waals surface area contributed by atoms with E-state index >= 15 is 0 Å². The largest absolute Gasteiger partial charge is 0.277 e. The maximum absolute atomic E-state index is 11.4. The van der Waals surface area contributed by atoms with Crippen molar-refractivity contribution < 1.29 is 14.8 Å². The van der Waals surface area contributed by atoms with Gasteiger partial charge in [0.05, 0.1) is 34.5 Å². The normalized spacial score (nSPS) is 17.2. The number of nitrogens with zero attached hydrogens (tertiary/aromatic N) is 5. The summed E-state index contributed by atoms with van der Waals surface area (Å²) in [4.78, 5) is 30.7. The molecule has 0 aliphatic heterocycles. The second-order valence-corrected chi connectivity index (χ2v) is 5.15. The van der Waals surface area contributed by atoms with Gasteiger partial charge in [0.15, 0.2) is 0 Å². The number of nitriles is 2. The minimum Gasteiger partial charge on any atom is -0.277 e. The van der Waals surface area contributed by atoms with Crippen LogP contribution in [-0.2, 0) is 0 Å². The van der Waals surface area contributed by atoms with E-state index in [-0.39, 0.29) is 11.1 Å². The van der Waals surface area contributed by atoms with Crippen LogP contribution in [0.2, 0.25) is 0 Å². The van der Waals surface area contributed by atoms with Crippen LogP contribution < -0.4 is 0 Å². The zero-order valence-corrected chi connectivity index (χ0v) is 12.8. The third-order valence-corrected chi connectivity index (χ3v) is 3.73. The number of hydrogen-bond acceptors (Lipinski definition) is 8. The van der Waals surface area contributed by atoms with Gasteiger partial charge in [-0.2, -0.15) is 10.5 Å². The first kappa shape index (κ1) is 18.1. The van der Waals surface area contributed by atoms with E-state index in [1.165, 1.54) is 24.3 Å². The molecular formula is C15H8N5O6-. The molecule has 0 aromatic heterocycles. The number of allylic oxidation sites excluding steroid dienone is 1. The fourth-order valence-electron chi connectivity index (χ4n) is 2.56. The molecule has 11 nitrogen and oxygen atoms in total. The Labute approximate surface area is 145 Å². The lowest BCUT2D eigenvalue weighted by Crippen LogP contribution is -2.32. The smallest absolute Gasteiger partial charge is 0.233 e. The number of benzene rings is 1. The van der Waals surface area contributed by atoms with Crippen molar-refractivity contribution in [1.29, 1.82) is 10.5 Å². The lowest BCUT2D eigenvalue weighted by atomic mass is 9.77. The Morgan fingerprint density at radius 3 is 2.08 bits per heavy atom. The van der Waals surface area contributed by atoms with E-state index in [4.69, 9.17) is 5.26 Å². The molecule has 130 valence electrons. The third kappa shape index (κ3) is 3.32. The Hall–Kier alpha value is -4.25. The summed E-state index contributed by atoms with van der Waals surface area (Å²) in [5, 5.41) is 51.9. The van der Waals surface area contributed by atoms with E-state index in [1.807, 2.05) is 6.07 Å². The first-order valence-electron chi connectivity index (χ1n) is 6.93. The van der Waals surface area contributed by atoms with Gasteiger partial charge in [0.1, 0.15) is 11.7 Å². The van der Waals surface area contributed by atoms with Crippen LogP contribution in [0.3, 0.4) is 0 Å². The van der Waals surface area contributed by atoms with Crippen molar-refractivity contribution in [3.05, 3.63) is 95.3 Å². The highest BCUT2D eigenvalue weighted by Gasteiger charge is 2.44. The van der Waals surface area contributed by atoms with Crippen LogP contribution in [0.5, 0.6) is 0 Å². The van der Waals surface area contributed by atoms with Crippen LogP contribution in [0.25, 0.3) is 0 Å². The van der Waals surface area contributed by atoms with Crippen LogP contribution in [0.4, 0.5) is 0 Å². The molecule has 0 fully saturated rings. The number of nitro groups is 3. The fraction of sp³-hybridized carbons (Fsp3) is 0.133.